The summed E-state index contributed by atoms with van der Waals surface area (Å²) < 4.78 is 11.2. The molecule has 1 fully saturated rings. The Labute approximate surface area is 110 Å². The van der Waals surface area contributed by atoms with Gasteiger partial charge in [0, 0.05) is 0 Å². The summed E-state index contributed by atoms with van der Waals surface area (Å²) in [5.41, 5.74) is -1.14. The Morgan fingerprint density at radius 1 is 1.56 bits per heavy atom. The molecule has 4 heteroatoms. The van der Waals surface area contributed by atoms with Gasteiger partial charge in [0.05, 0.1) is 12.6 Å². The molecule has 0 radical (unpaired) electrons. The highest BCUT2D eigenvalue weighted by molar-refractivity contribution is 5.69. The Bertz CT molecular complexity index is 330. The van der Waals surface area contributed by atoms with Gasteiger partial charge in [-0.1, -0.05) is 13.0 Å². The topological polar surface area (TPSA) is 38.8 Å². The van der Waals surface area contributed by atoms with Crippen LogP contribution in [-0.2, 0) is 9.47 Å². The minimum absolute atomic E-state index is 0.0210. The summed E-state index contributed by atoms with van der Waals surface area (Å²) >= 11 is 0. The second kappa shape index (κ2) is 4.92. The Balaban J connectivity index is 2.92. The van der Waals surface area contributed by atoms with Gasteiger partial charge in [-0.3, -0.25) is 4.90 Å². The molecule has 0 N–H and O–H groups in total. The van der Waals surface area contributed by atoms with E-state index in [9.17, 15) is 4.79 Å². The number of ether oxygens (including phenoxy) is 2. The van der Waals surface area contributed by atoms with Crippen molar-refractivity contribution in [2.24, 2.45) is 5.92 Å². The molecular weight excluding hydrogens is 230 g/mol. The van der Waals surface area contributed by atoms with Crippen LogP contribution in [0.15, 0.2) is 12.7 Å². The number of amides is 1. The molecule has 1 saturated heterocycles. The minimum Gasteiger partial charge on any atom is -0.444 e. The fourth-order valence-electron chi connectivity index (χ4n) is 2.04. The fourth-order valence-corrected chi connectivity index (χ4v) is 2.04. The van der Waals surface area contributed by atoms with Crippen molar-refractivity contribution in [3.8, 4) is 0 Å². The van der Waals surface area contributed by atoms with Crippen molar-refractivity contribution in [2.75, 3.05) is 6.61 Å². The average molecular weight is 255 g/mol. The van der Waals surface area contributed by atoms with E-state index >= 15 is 0 Å². The molecule has 0 aromatic heterocycles. The lowest BCUT2D eigenvalue weighted by molar-refractivity contribution is -0.0635. The maximum atomic E-state index is 12.3. The van der Waals surface area contributed by atoms with E-state index in [0.29, 0.717) is 6.61 Å². The Morgan fingerprint density at radius 2 is 2.11 bits per heavy atom. The number of nitrogens with zero attached hydrogens (tertiary/aromatic N) is 1. The molecule has 4 nitrogen and oxygen atoms in total. The van der Waals surface area contributed by atoms with Gasteiger partial charge in [0.2, 0.25) is 0 Å². The number of carbonyl (C=O) groups excluding carboxylic acids is 1. The first kappa shape index (κ1) is 15.0. The molecule has 1 heterocycles. The summed E-state index contributed by atoms with van der Waals surface area (Å²) in [6, 6.07) is -0.0210. The van der Waals surface area contributed by atoms with Crippen molar-refractivity contribution in [1.29, 1.82) is 0 Å². The molecule has 0 aromatic carbocycles. The van der Waals surface area contributed by atoms with Crippen LogP contribution in [0, 0.1) is 5.92 Å². The molecule has 1 aliphatic rings. The second-order valence-corrected chi connectivity index (χ2v) is 6.27. The smallest absolute Gasteiger partial charge is 0.412 e. The minimum atomic E-state index is -0.635. The molecule has 0 aromatic rings. The molecule has 0 spiro atoms. The van der Waals surface area contributed by atoms with Crippen molar-refractivity contribution in [2.45, 2.75) is 58.9 Å². The van der Waals surface area contributed by atoms with Gasteiger partial charge in [-0.15, -0.1) is 6.58 Å². The van der Waals surface area contributed by atoms with Crippen molar-refractivity contribution in [3.05, 3.63) is 12.7 Å². The molecule has 0 unspecified atom stereocenters. The summed E-state index contributed by atoms with van der Waals surface area (Å²) in [5.74, 6) is 0.166. The highest BCUT2D eigenvalue weighted by Crippen LogP contribution is 2.32. The summed E-state index contributed by atoms with van der Waals surface area (Å²) in [6.07, 6.45) is 1.51. The van der Waals surface area contributed by atoms with Gasteiger partial charge in [0.25, 0.3) is 0 Å². The number of carbonyl (C=O) groups is 1. The van der Waals surface area contributed by atoms with Crippen LogP contribution in [0.1, 0.15) is 41.5 Å². The lowest BCUT2D eigenvalue weighted by atomic mass is 10.0. The van der Waals surface area contributed by atoms with Gasteiger partial charge in [-0.2, -0.15) is 0 Å². The van der Waals surface area contributed by atoms with Crippen molar-refractivity contribution in [1.82, 2.24) is 4.90 Å². The number of hydrogen-bond acceptors (Lipinski definition) is 3. The van der Waals surface area contributed by atoms with E-state index in [1.807, 2.05) is 47.6 Å². The summed E-state index contributed by atoms with van der Waals surface area (Å²) in [7, 11) is 0. The Morgan fingerprint density at radius 3 is 2.56 bits per heavy atom. The maximum absolute atomic E-state index is 12.3. The summed E-state index contributed by atoms with van der Waals surface area (Å²) in [6.45, 7) is 15.7. The van der Waals surface area contributed by atoms with Crippen molar-refractivity contribution >= 4 is 6.09 Å². The zero-order valence-electron chi connectivity index (χ0n) is 12.3. The lowest BCUT2D eigenvalue weighted by Gasteiger charge is -2.36. The molecule has 1 rings (SSSR count). The first-order valence-electron chi connectivity index (χ1n) is 6.37. The van der Waals surface area contributed by atoms with Crippen LogP contribution in [-0.4, -0.2) is 35.0 Å². The molecule has 0 bridgehead atoms. The highest BCUT2D eigenvalue weighted by Gasteiger charge is 2.46. The Kier molecular flexibility index (Phi) is 4.11. The third kappa shape index (κ3) is 3.25. The summed E-state index contributed by atoms with van der Waals surface area (Å²) in [4.78, 5) is 14.0. The molecule has 1 aliphatic heterocycles. The largest absolute Gasteiger partial charge is 0.444 e. The first-order valence-corrected chi connectivity index (χ1v) is 6.37. The van der Waals surface area contributed by atoms with Gasteiger partial charge in [-0.05, 0) is 40.5 Å². The normalized spacial score (nSPS) is 24.8. The van der Waals surface area contributed by atoms with Gasteiger partial charge in [0.1, 0.15) is 11.3 Å². The monoisotopic (exact) mass is 255 g/mol. The number of hydrogen-bond donors (Lipinski definition) is 0. The zero-order chi connectivity index (χ0) is 14.1. The molecule has 0 aliphatic carbocycles. The van der Waals surface area contributed by atoms with Crippen LogP contribution in [0.25, 0.3) is 0 Å². The second-order valence-electron chi connectivity index (χ2n) is 6.27. The van der Waals surface area contributed by atoms with Crippen LogP contribution in [0.4, 0.5) is 4.79 Å². The third-order valence-electron chi connectivity index (χ3n) is 3.09. The predicted molar refractivity (Wildman–Crippen MR) is 71.3 cm³/mol. The highest BCUT2D eigenvalue weighted by atomic mass is 16.6. The van der Waals surface area contributed by atoms with Gasteiger partial charge in [-0.25, -0.2) is 4.79 Å². The third-order valence-corrected chi connectivity index (χ3v) is 3.09. The van der Waals surface area contributed by atoms with Crippen LogP contribution in [0.3, 0.4) is 0 Å². The van der Waals surface area contributed by atoms with Gasteiger partial charge in [0.15, 0.2) is 0 Å². The van der Waals surface area contributed by atoms with E-state index < -0.39 is 11.3 Å². The van der Waals surface area contributed by atoms with Gasteiger partial charge >= 0.3 is 6.09 Å². The van der Waals surface area contributed by atoms with E-state index in [0.717, 1.165) is 0 Å². The zero-order valence-corrected chi connectivity index (χ0v) is 12.3. The maximum Gasteiger partial charge on any atom is 0.412 e. The van der Waals surface area contributed by atoms with E-state index in [1.165, 1.54) is 0 Å². The van der Waals surface area contributed by atoms with E-state index in [2.05, 4.69) is 6.58 Å². The average Bonchev–Trinajstić information content (AvgIpc) is 2.50. The quantitative estimate of drug-likeness (QED) is 0.711. The lowest BCUT2D eigenvalue weighted by Crippen LogP contribution is -2.51. The van der Waals surface area contributed by atoms with Crippen LogP contribution in [0.5, 0.6) is 0 Å². The standard InChI is InChI=1S/C14H25NO3/c1-8-10(2)11-9-17-14(6,7)15(11)12(16)18-13(3,4)5/h8,10-11H,1,9H2,2-7H3/t10-,11+/m0/s1. The molecular formula is C14H25NO3. The molecule has 0 saturated carbocycles. The van der Waals surface area contributed by atoms with E-state index in [1.54, 1.807) is 4.90 Å². The predicted octanol–water partition coefficient (Wildman–Crippen LogP) is 3.18. The van der Waals surface area contributed by atoms with Crippen molar-refractivity contribution < 1.29 is 14.3 Å². The summed E-state index contributed by atoms with van der Waals surface area (Å²) in [5, 5.41) is 0. The molecule has 2 atom stereocenters. The Hall–Kier alpha value is -1.03. The fraction of sp³-hybridized carbons (Fsp3) is 0.786. The van der Waals surface area contributed by atoms with Crippen LogP contribution >= 0.6 is 0 Å². The van der Waals surface area contributed by atoms with Crippen molar-refractivity contribution in [3.63, 3.8) is 0 Å². The number of rotatable bonds is 2. The molecule has 1 amide bonds. The first-order chi connectivity index (χ1) is 8.08. The van der Waals surface area contributed by atoms with E-state index in [4.69, 9.17) is 9.47 Å². The molecule has 104 valence electrons. The van der Waals surface area contributed by atoms with Crippen LogP contribution < -0.4 is 0 Å². The molecule has 18 heavy (non-hydrogen) atoms. The van der Waals surface area contributed by atoms with E-state index in [-0.39, 0.29) is 18.1 Å². The van der Waals surface area contributed by atoms with Gasteiger partial charge < -0.3 is 9.47 Å². The SMILES string of the molecule is C=C[C@H](C)[C@H]1COC(C)(C)N1C(=O)OC(C)(C)C. The van der Waals surface area contributed by atoms with Crippen LogP contribution in [0.2, 0.25) is 0 Å².